The Morgan fingerprint density at radius 3 is 2.48 bits per heavy atom. The molecule has 0 radical (unpaired) electrons. The molecule has 0 N–H and O–H groups in total. The second-order valence-corrected chi connectivity index (χ2v) is 4.88. The van der Waals surface area contributed by atoms with Crippen molar-refractivity contribution in [3.63, 3.8) is 0 Å². The summed E-state index contributed by atoms with van der Waals surface area (Å²) in [6, 6.07) is 11.2. The molecule has 2 heterocycles. The van der Waals surface area contributed by atoms with Crippen molar-refractivity contribution in [2.75, 3.05) is 0 Å². The first-order valence-corrected chi connectivity index (χ1v) is 6.52. The minimum atomic E-state index is -1.01. The van der Waals surface area contributed by atoms with Crippen LogP contribution in [0.25, 0.3) is 11.2 Å². The van der Waals surface area contributed by atoms with E-state index in [1.165, 1.54) is 0 Å². The van der Waals surface area contributed by atoms with Gasteiger partial charge < -0.3 is 13.6 Å². The molecular formula is C16H10O5. The fourth-order valence-corrected chi connectivity index (χ4v) is 2.58. The first-order valence-electron chi connectivity index (χ1n) is 6.52. The maximum atomic E-state index is 11.4. The van der Waals surface area contributed by atoms with Gasteiger partial charge in [0.15, 0.2) is 11.2 Å². The Morgan fingerprint density at radius 1 is 0.857 bits per heavy atom. The van der Waals surface area contributed by atoms with Crippen molar-refractivity contribution in [2.24, 2.45) is 0 Å². The zero-order valence-corrected chi connectivity index (χ0v) is 10.9. The molecule has 5 nitrogen and oxygen atoms in total. The van der Waals surface area contributed by atoms with E-state index in [4.69, 9.17) is 13.6 Å². The third-order valence-electron chi connectivity index (χ3n) is 3.61. The van der Waals surface area contributed by atoms with Gasteiger partial charge in [0.05, 0.1) is 0 Å². The first-order chi connectivity index (χ1) is 10.2. The Balaban J connectivity index is 2.02. The van der Waals surface area contributed by atoms with Crippen molar-refractivity contribution in [3.8, 4) is 5.75 Å². The molecule has 1 aromatic heterocycles. The number of rotatable bonds is 0. The molecule has 2 aromatic carbocycles. The highest BCUT2D eigenvalue weighted by Crippen LogP contribution is 2.33. The number of hydrogen-bond acceptors (Lipinski definition) is 5. The highest BCUT2D eigenvalue weighted by Gasteiger charge is 2.19. The fourth-order valence-electron chi connectivity index (χ4n) is 2.58. The Kier molecular flexibility index (Phi) is 2.47. The Hall–Kier alpha value is -2.82. The quantitative estimate of drug-likeness (QED) is 0.591. The lowest BCUT2D eigenvalue weighted by Gasteiger charge is -2.07. The predicted octanol–water partition coefficient (Wildman–Crippen LogP) is 2.23. The smallest absolute Gasteiger partial charge is 0.423 e. The van der Waals surface area contributed by atoms with Crippen LogP contribution in [0, 0.1) is 0 Å². The summed E-state index contributed by atoms with van der Waals surface area (Å²) in [7, 11) is 0. The van der Waals surface area contributed by atoms with E-state index >= 15 is 0 Å². The molecule has 21 heavy (non-hydrogen) atoms. The van der Waals surface area contributed by atoms with Gasteiger partial charge in [-0.1, -0.05) is 24.3 Å². The van der Waals surface area contributed by atoms with Crippen molar-refractivity contribution >= 4 is 11.2 Å². The van der Waals surface area contributed by atoms with Crippen LogP contribution in [0.1, 0.15) is 16.7 Å². The first kappa shape index (κ1) is 12.0. The van der Waals surface area contributed by atoms with E-state index in [0.29, 0.717) is 18.8 Å². The molecule has 0 aliphatic carbocycles. The third-order valence-corrected chi connectivity index (χ3v) is 3.61. The molecule has 0 atom stereocenters. The molecule has 3 aromatic rings. The van der Waals surface area contributed by atoms with E-state index in [1.54, 1.807) is 12.1 Å². The highest BCUT2D eigenvalue weighted by atomic mass is 16.5. The third kappa shape index (κ3) is 1.86. The van der Waals surface area contributed by atoms with Crippen molar-refractivity contribution in [2.45, 2.75) is 13.0 Å². The number of ether oxygens (including phenoxy) is 1. The lowest BCUT2D eigenvalue weighted by molar-refractivity contribution is 0.306. The van der Waals surface area contributed by atoms with Gasteiger partial charge in [-0.25, -0.2) is 9.59 Å². The van der Waals surface area contributed by atoms with Gasteiger partial charge in [-0.15, -0.1) is 0 Å². The van der Waals surface area contributed by atoms with Gasteiger partial charge in [-0.2, -0.15) is 0 Å². The molecule has 0 spiro atoms. The van der Waals surface area contributed by atoms with Gasteiger partial charge in [0.2, 0.25) is 0 Å². The van der Waals surface area contributed by atoms with E-state index in [1.807, 2.05) is 24.3 Å². The molecule has 1 aliphatic rings. The molecule has 1 aliphatic heterocycles. The van der Waals surface area contributed by atoms with Gasteiger partial charge in [0.1, 0.15) is 12.4 Å². The second kappa shape index (κ2) is 4.34. The zero-order valence-electron chi connectivity index (χ0n) is 10.9. The maximum Gasteiger partial charge on any atom is 0.423 e. The molecular weight excluding hydrogens is 272 g/mol. The van der Waals surface area contributed by atoms with Crippen LogP contribution in [0.15, 0.2) is 54.8 Å². The summed E-state index contributed by atoms with van der Waals surface area (Å²) >= 11 is 0. The van der Waals surface area contributed by atoms with Crippen LogP contribution in [-0.4, -0.2) is 0 Å². The highest BCUT2D eigenvalue weighted by molar-refractivity contribution is 5.77. The van der Waals surface area contributed by atoms with Crippen molar-refractivity contribution in [1.82, 2.24) is 0 Å². The van der Waals surface area contributed by atoms with Gasteiger partial charge in [-0.3, -0.25) is 0 Å². The summed E-state index contributed by atoms with van der Waals surface area (Å²) in [5.74, 6) is 0.635. The van der Waals surface area contributed by atoms with Gasteiger partial charge in [-0.05, 0) is 23.3 Å². The van der Waals surface area contributed by atoms with Crippen LogP contribution in [0.3, 0.4) is 0 Å². The summed E-state index contributed by atoms with van der Waals surface area (Å²) in [5.41, 5.74) is 1.42. The molecule has 0 saturated carbocycles. The summed E-state index contributed by atoms with van der Waals surface area (Å²) in [4.78, 5) is 22.7. The molecule has 0 bridgehead atoms. The van der Waals surface area contributed by atoms with Gasteiger partial charge in [0, 0.05) is 12.0 Å². The van der Waals surface area contributed by atoms with Gasteiger partial charge >= 0.3 is 11.3 Å². The summed E-state index contributed by atoms with van der Waals surface area (Å²) in [6.45, 7) is 0.454. The minimum Gasteiger partial charge on any atom is -0.488 e. The van der Waals surface area contributed by atoms with Crippen LogP contribution in [0.4, 0.5) is 0 Å². The second-order valence-electron chi connectivity index (χ2n) is 4.88. The molecule has 0 amide bonds. The van der Waals surface area contributed by atoms with Crippen molar-refractivity contribution < 1.29 is 13.6 Å². The molecule has 0 saturated heterocycles. The van der Waals surface area contributed by atoms with Crippen LogP contribution in [-0.2, 0) is 13.0 Å². The van der Waals surface area contributed by atoms with E-state index in [2.05, 4.69) is 0 Å². The van der Waals surface area contributed by atoms with Crippen molar-refractivity contribution in [1.29, 1.82) is 0 Å². The lowest BCUT2D eigenvalue weighted by atomic mass is 10.0. The van der Waals surface area contributed by atoms with E-state index in [9.17, 15) is 9.59 Å². The van der Waals surface area contributed by atoms with Crippen LogP contribution >= 0.6 is 0 Å². The van der Waals surface area contributed by atoms with Crippen LogP contribution < -0.4 is 16.0 Å². The van der Waals surface area contributed by atoms with Gasteiger partial charge in [0.25, 0.3) is 0 Å². The van der Waals surface area contributed by atoms with Crippen LogP contribution in [0.2, 0.25) is 0 Å². The van der Waals surface area contributed by atoms with Crippen molar-refractivity contribution in [3.05, 3.63) is 73.9 Å². The molecule has 5 heteroatoms. The van der Waals surface area contributed by atoms with Crippen LogP contribution in [0.5, 0.6) is 5.75 Å². The predicted molar refractivity (Wildman–Crippen MR) is 74.6 cm³/mol. The monoisotopic (exact) mass is 282 g/mol. The molecule has 0 unspecified atom stereocenters. The SMILES string of the molecule is O=c1oc2ccc3c(c2oc1=O)Cc1ccccc1CO3. The zero-order chi connectivity index (χ0) is 14.4. The molecule has 0 fully saturated rings. The molecule has 104 valence electrons. The van der Waals surface area contributed by atoms with E-state index < -0.39 is 11.3 Å². The van der Waals surface area contributed by atoms with E-state index in [0.717, 1.165) is 16.7 Å². The summed E-state index contributed by atoms with van der Waals surface area (Å²) in [5, 5.41) is 0. The molecule has 4 rings (SSSR count). The Bertz CT molecular complexity index is 964. The Morgan fingerprint density at radius 2 is 1.62 bits per heavy atom. The Labute approximate surface area is 118 Å². The number of fused-ring (bicyclic) bond motifs is 4. The largest absolute Gasteiger partial charge is 0.488 e. The normalized spacial score (nSPS) is 13.1. The summed E-state index contributed by atoms with van der Waals surface area (Å²) < 4.78 is 15.9. The number of hydrogen-bond donors (Lipinski definition) is 0. The summed E-state index contributed by atoms with van der Waals surface area (Å²) in [6.07, 6.45) is 0.555. The lowest BCUT2D eigenvalue weighted by Crippen LogP contribution is -2.21. The topological polar surface area (TPSA) is 69.7 Å². The average Bonchev–Trinajstić information content (AvgIpc) is 2.68. The average molecular weight is 282 g/mol. The minimum absolute atomic E-state index is 0.251. The maximum absolute atomic E-state index is 11.4. The number of benzene rings is 2. The standard InChI is InChI=1S/C16H10O5/c17-15-16(18)21-14-11-7-9-3-1-2-4-10(9)8-19-12(11)5-6-13(14)20-15/h1-6H,7-8H2. The van der Waals surface area contributed by atoms with E-state index in [-0.39, 0.29) is 11.2 Å². The fraction of sp³-hybridized carbons (Fsp3) is 0.125.